The Hall–Kier alpha value is -0.900. The second-order valence-electron chi connectivity index (χ2n) is 4.17. The van der Waals surface area contributed by atoms with Crippen molar-refractivity contribution in [1.82, 2.24) is 4.90 Å². The maximum atomic E-state index is 9.12. The van der Waals surface area contributed by atoms with E-state index in [1.165, 1.54) is 4.88 Å². The molecule has 0 aromatic carbocycles. The molecule has 1 aliphatic rings. The minimum Gasteiger partial charge on any atom is -0.394 e. The van der Waals surface area contributed by atoms with E-state index >= 15 is 0 Å². The summed E-state index contributed by atoms with van der Waals surface area (Å²) in [5, 5.41) is 11.2. The highest BCUT2D eigenvalue weighted by atomic mass is 32.1. The van der Waals surface area contributed by atoms with Crippen LogP contribution in [0.3, 0.4) is 0 Å². The van der Waals surface area contributed by atoms with Gasteiger partial charge < -0.3 is 15.6 Å². The van der Waals surface area contributed by atoms with Gasteiger partial charge in [-0.25, -0.2) is 0 Å². The van der Waals surface area contributed by atoms with E-state index < -0.39 is 0 Å². The first-order chi connectivity index (χ1) is 8.83. The van der Waals surface area contributed by atoms with E-state index in [4.69, 9.17) is 15.6 Å². The molecule has 18 heavy (non-hydrogen) atoms. The number of thiophene rings is 1. The van der Waals surface area contributed by atoms with Gasteiger partial charge in [-0.1, -0.05) is 11.8 Å². The highest BCUT2D eigenvalue weighted by Gasteiger charge is 2.20. The van der Waals surface area contributed by atoms with E-state index in [1.54, 1.807) is 11.3 Å². The zero-order valence-corrected chi connectivity index (χ0v) is 11.1. The van der Waals surface area contributed by atoms with E-state index in [9.17, 15) is 0 Å². The van der Waals surface area contributed by atoms with Crippen molar-refractivity contribution in [2.45, 2.75) is 12.6 Å². The molecule has 0 saturated carbocycles. The van der Waals surface area contributed by atoms with Gasteiger partial charge in [-0.05, 0) is 11.4 Å². The molecule has 4 nitrogen and oxygen atoms in total. The number of aliphatic hydroxyl groups excluding tert-OH is 1. The fourth-order valence-electron chi connectivity index (χ4n) is 1.96. The Morgan fingerprint density at radius 3 is 3.28 bits per heavy atom. The second kappa shape index (κ2) is 6.88. The summed E-state index contributed by atoms with van der Waals surface area (Å²) in [7, 11) is 0. The third-order valence-corrected chi connectivity index (χ3v) is 3.77. The van der Waals surface area contributed by atoms with Gasteiger partial charge in [0.1, 0.15) is 0 Å². The molecule has 1 aromatic rings. The first-order valence-corrected chi connectivity index (χ1v) is 6.91. The standard InChI is InChI=1S/C13H18N2O2S/c14-4-1-2-11-3-7-18-13(11)9-15-5-6-17-12(8-15)10-16/h3,7,12,16H,4-6,8-10,14H2. The molecule has 2 rings (SSSR count). The van der Waals surface area contributed by atoms with Crippen molar-refractivity contribution in [2.75, 3.05) is 32.8 Å². The van der Waals surface area contributed by atoms with Gasteiger partial charge in [0.25, 0.3) is 0 Å². The quantitative estimate of drug-likeness (QED) is 0.770. The largest absolute Gasteiger partial charge is 0.394 e. The number of aliphatic hydroxyl groups is 1. The van der Waals surface area contributed by atoms with Crippen molar-refractivity contribution in [3.63, 3.8) is 0 Å². The maximum Gasteiger partial charge on any atom is 0.0933 e. The molecule has 98 valence electrons. The van der Waals surface area contributed by atoms with Crippen LogP contribution in [0.4, 0.5) is 0 Å². The molecular weight excluding hydrogens is 248 g/mol. The van der Waals surface area contributed by atoms with Crippen LogP contribution in [0, 0.1) is 11.8 Å². The van der Waals surface area contributed by atoms with E-state index in [2.05, 4.69) is 22.1 Å². The Kier molecular flexibility index (Phi) is 5.17. The van der Waals surface area contributed by atoms with E-state index in [-0.39, 0.29) is 12.7 Å². The van der Waals surface area contributed by atoms with Crippen molar-refractivity contribution in [2.24, 2.45) is 5.73 Å². The second-order valence-corrected chi connectivity index (χ2v) is 5.17. The van der Waals surface area contributed by atoms with Gasteiger partial charge in [0, 0.05) is 30.1 Å². The zero-order valence-electron chi connectivity index (χ0n) is 10.3. The third-order valence-electron chi connectivity index (χ3n) is 2.86. The van der Waals surface area contributed by atoms with Crippen LogP contribution >= 0.6 is 11.3 Å². The summed E-state index contributed by atoms with van der Waals surface area (Å²) in [5.41, 5.74) is 6.46. The van der Waals surface area contributed by atoms with Gasteiger partial charge in [0.15, 0.2) is 0 Å². The summed E-state index contributed by atoms with van der Waals surface area (Å²) >= 11 is 1.71. The van der Waals surface area contributed by atoms with Crippen LogP contribution < -0.4 is 5.73 Å². The van der Waals surface area contributed by atoms with E-state index in [1.807, 2.05) is 6.07 Å². The number of hydrogen-bond acceptors (Lipinski definition) is 5. The molecular formula is C13H18N2O2S. The molecule has 1 aliphatic heterocycles. The molecule has 0 bridgehead atoms. The molecule has 1 saturated heterocycles. The van der Waals surface area contributed by atoms with Crippen LogP contribution in [0.1, 0.15) is 10.4 Å². The first kappa shape index (κ1) is 13.5. The molecule has 1 fully saturated rings. The Morgan fingerprint density at radius 2 is 2.50 bits per heavy atom. The SMILES string of the molecule is NCC#Cc1ccsc1CN1CCOC(CO)C1. The number of nitrogens with zero attached hydrogens (tertiary/aromatic N) is 1. The Morgan fingerprint density at radius 1 is 1.61 bits per heavy atom. The number of nitrogens with two attached hydrogens (primary N) is 1. The lowest BCUT2D eigenvalue weighted by Crippen LogP contribution is -2.43. The van der Waals surface area contributed by atoms with Crippen LogP contribution in [0.5, 0.6) is 0 Å². The van der Waals surface area contributed by atoms with Crippen LogP contribution in [0.15, 0.2) is 11.4 Å². The van der Waals surface area contributed by atoms with Gasteiger partial charge in [-0.3, -0.25) is 4.90 Å². The summed E-state index contributed by atoms with van der Waals surface area (Å²) < 4.78 is 5.44. The summed E-state index contributed by atoms with van der Waals surface area (Å²) in [5.74, 6) is 5.99. The van der Waals surface area contributed by atoms with Crippen LogP contribution in [-0.2, 0) is 11.3 Å². The lowest BCUT2D eigenvalue weighted by Gasteiger charge is -2.31. The molecule has 2 heterocycles. The minimum atomic E-state index is -0.0581. The van der Waals surface area contributed by atoms with Crippen molar-refractivity contribution in [3.8, 4) is 11.8 Å². The van der Waals surface area contributed by atoms with Crippen LogP contribution in [0.2, 0.25) is 0 Å². The van der Waals surface area contributed by atoms with Crippen molar-refractivity contribution in [3.05, 3.63) is 21.9 Å². The fourth-order valence-corrected chi connectivity index (χ4v) is 2.83. The first-order valence-electron chi connectivity index (χ1n) is 6.03. The Balaban J connectivity index is 1.98. The lowest BCUT2D eigenvalue weighted by molar-refractivity contribution is -0.0548. The minimum absolute atomic E-state index is 0.0581. The molecule has 1 unspecified atom stereocenters. The average Bonchev–Trinajstić information content (AvgIpc) is 2.84. The molecule has 0 radical (unpaired) electrons. The van der Waals surface area contributed by atoms with Crippen molar-refractivity contribution < 1.29 is 9.84 Å². The molecule has 5 heteroatoms. The monoisotopic (exact) mass is 266 g/mol. The van der Waals surface area contributed by atoms with Gasteiger partial charge in [0.2, 0.25) is 0 Å². The highest BCUT2D eigenvalue weighted by Crippen LogP contribution is 2.19. The third kappa shape index (κ3) is 3.55. The van der Waals surface area contributed by atoms with E-state index in [0.717, 1.165) is 25.2 Å². The smallest absolute Gasteiger partial charge is 0.0933 e. The Bertz CT molecular complexity index is 436. The van der Waals surface area contributed by atoms with Gasteiger partial charge in [0.05, 0.1) is 25.9 Å². The molecule has 1 atom stereocenters. The van der Waals surface area contributed by atoms with Gasteiger partial charge in [-0.15, -0.1) is 11.3 Å². The molecule has 1 aromatic heterocycles. The van der Waals surface area contributed by atoms with E-state index in [0.29, 0.717) is 13.2 Å². The maximum absolute atomic E-state index is 9.12. The topological polar surface area (TPSA) is 58.7 Å². The number of ether oxygens (including phenoxy) is 1. The summed E-state index contributed by atoms with van der Waals surface area (Å²) in [6, 6.07) is 2.03. The predicted octanol–water partition coefficient (Wildman–Crippen LogP) is 0.251. The average molecular weight is 266 g/mol. The molecule has 0 aliphatic carbocycles. The fraction of sp³-hybridized carbons (Fsp3) is 0.538. The summed E-state index contributed by atoms with van der Waals surface area (Å²) in [4.78, 5) is 3.55. The molecule has 0 amide bonds. The highest BCUT2D eigenvalue weighted by molar-refractivity contribution is 7.10. The molecule has 0 spiro atoms. The Labute approximate surface area is 111 Å². The van der Waals surface area contributed by atoms with Crippen molar-refractivity contribution in [1.29, 1.82) is 0 Å². The lowest BCUT2D eigenvalue weighted by atomic mass is 10.2. The predicted molar refractivity (Wildman–Crippen MR) is 72.4 cm³/mol. The summed E-state index contributed by atoms with van der Waals surface area (Å²) in [6.45, 7) is 3.70. The zero-order chi connectivity index (χ0) is 12.8. The number of morpholine rings is 1. The number of hydrogen-bond donors (Lipinski definition) is 2. The summed E-state index contributed by atoms with van der Waals surface area (Å²) in [6.07, 6.45) is -0.0581. The van der Waals surface area contributed by atoms with Crippen molar-refractivity contribution >= 4 is 11.3 Å². The van der Waals surface area contributed by atoms with Crippen LogP contribution in [-0.4, -0.2) is 49.0 Å². The van der Waals surface area contributed by atoms with Gasteiger partial charge >= 0.3 is 0 Å². The van der Waals surface area contributed by atoms with Crippen LogP contribution in [0.25, 0.3) is 0 Å². The normalized spacial score (nSPS) is 20.4. The molecule has 3 N–H and O–H groups in total. The number of rotatable bonds is 3. The van der Waals surface area contributed by atoms with Gasteiger partial charge in [-0.2, -0.15) is 0 Å².